The van der Waals surface area contributed by atoms with Crippen LogP contribution < -0.4 is 5.56 Å². The maximum atomic E-state index is 12.5. The maximum absolute atomic E-state index is 12.5. The number of hydrogen-bond donors (Lipinski definition) is 0. The van der Waals surface area contributed by atoms with Gasteiger partial charge in [0.15, 0.2) is 0 Å². The molecule has 0 aliphatic carbocycles. The van der Waals surface area contributed by atoms with Gasteiger partial charge in [0.1, 0.15) is 0 Å². The molecule has 3 heteroatoms. The highest BCUT2D eigenvalue weighted by Crippen LogP contribution is 2.25. The smallest absolute Gasteiger partial charge is 0.267 e. The van der Waals surface area contributed by atoms with Gasteiger partial charge < -0.3 is 0 Å². The molecule has 0 N–H and O–H groups in total. The molecule has 1 aromatic heterocycles. The largest absolute Gasteiger partial charge is 0.273 e. The molecule has 0 fully saturated rings. The topological polar surface area (TPSA) is 22.0 Å². The normalized spacial score (nSPS) is 11.1. The average molecular weight is 269 g/mol. The highest BCUT2D eigenvalue weighted by molar-refractivity contribution is 7.14. The van der Waals surface area contributed by atoms with E-state index in [0.29, 0.717) is 0 Å². The maximum Gasteiger partial charge on any atom is 0.273 e. The molecule has 2 nitrogen and oxygen atoms in total. The molecule has 0 aliphatic rings. The molecule has 3 rings (SSSR count). The van der Waals surface area contributed by atoms with E-state index in [1.54, 1.807) is 0 Å². The van der Waals surface area contributed by atoms with Crippen LogP contribution in [0.25, 0.3) is 15.8 Å². The van der Waals surface area contributed by atoms with Gasteiger partial charge in [-0.3, -0.25) is 4.79 Å². The highest BCUT2D eigenvalue weighted by atomic mass is 32.1. The number of nitrogens with zero attached hydrogens (tertiary/aromatic N) is 1. The van der Waals surface area contributed by atoms with Crippen LogP contribution in [0.3, 0.4) is 0 Å². The number of para-hydroxylation sites is 1. The first kappa shape index (κ1) is 12.2. The molecule has 0 saturated heterocycles. The third kappa shape index (κ3) is 1.90. The first-order valence-electron chi connectivity index (χ1n) is 6.42. The van der Waals surface area contributed by atoms with Gasteiger partial charge in [-0.05, 0) is 36.6 Å². The first-order chi connectivity index (χ1) is 9.22. The molecule has 0 unspecified atom stereocenters. The van der Waals surface area contributed by atoms with Crippen LogP contribution in [0.5, 0.6) is 0 Å². The van der Waals surface area contributed by atoms with E-state index in [0.717, 1.165) is 27.8 Å². The van der Waals surface area contributed by atoms with E-state index < -0.39 is 0 Å². The molecule has 3 aromatic rings. The summed E-state index contributed by atoms with van der Waals surface area (Å²) in [5.74, 6) is 0. The van der Waals surface area contributed by atoms with Gasteiger partial charge in [-0.25, -0.2) is 3.96 Å². The molecule has 0 atom stereocenters. The van der Waals surface area contributed by atoms with Crippen molar-refractivity contribution in [3.8, 4) is 5.69 Å². The van der Waals surface area contributed by atoms with Crippen molar-refractivity contribution in [2.24, 2.45) is 0 Å². The summed E-state index contributed by atoms with van der Waals surface area (Å²) < 4.78 is 2.87. The van der Waals surface area contributed by atoms with E-state index in [1.165, 1.54) is 17.1 Å². The van der Waals surface area contributed by atoms with Crippen LogP contribution >= 0.6 is 11.5 Å². The van der Waals surface area contributed by atoms with Gasteiger partial charge in [0.05, 0.1) is 15.8 Å². The van der Waals surface area contributed by atoms with Gasteiger partial charge >= 0.3 is 0 Å². The number of aromatic nitrogens is 1. The summed E-state index contributed by atoms with van der Waals surface area (Å²) in [6.07, 6.45) is 0.928. The summed E-state index contributed by atoms with van der Waals surface area (Å²) in [5, 5.41) is 0.804. The zero-order valence-corrected chi connectivity index (χ0v) is 11.8. The lowest BCUT2D eigenvalue weighted by molar-refractivity contribution is 1.04. The zero-order valence-electron chi connectivity index (χ0n) is 11.0. The fourth-order valence-electron chi connectivity index (χ4n) is 2.41. The number of fused-ring (bicyclic) bond motifs is 1. The Hall–Kier alpha value is -1.87. The van der Waals surface area contributed by atoms with Crippen LogP contribution in [-0.2, 0) is 6.42 Å². The van der Waals surface area contributed by atoms with Crippen LogP contribution in [0.2, 0.25) is 0 Å². The Morgan fingerprint density at radius 2 is 1.89 bits per heavy atom. The Morgan fingerprint density at radius 3 is 2.63 bits per heavy atom. The standard InChI is InChI=1S/C16H15NOS/c1-3-12-8-6-7-11(2)15(12)17-16(18)13-9-4-5-10-14(13)19-17/h4-10H,3H2,1-2H3. The lowest BCUT2D eigenvalue weighted by atomic mass is 10.1. The third-order valence-electron chi connectivity index (χ3n) is 3.40. The minimum Gasteiger partial charge on any atom is -0.267 e. The van der Waals surface area contributed by atoms with E-state index in [1.807, 2.05) is 28.2 Å². The summed E-state index contributed by atoms with van der Waals surface area (Å²) in [7, 11) is 0. The second-order valence-electron chi connectivity index (χ2n) is 4.62. The predicted octanol–water partition coefficient (Wildman–Crippen LogP) is 3.92. The van der Waals surface area contributed by atoms with Crippen molar-refractivity contribution in [2.75, 3.05) is 0 Å². The van der Waals surface area contributed by atoms with Crippen LogP contribution in [0.4, 0.5) is 0 Å². The third-order valence-corrected chi connectivity index (χ3v) is 4.48. The minimum atomic E-state index is 0.0876. The molecule has 96 valence electrons. The SMILES string of the molecule is CCc1cccc(C)c1-n1sc2ccccc2c1=O. The van der Waals surface area contributed by atoms with Crippen molar-refractivity contribution >= 4 is 21.6 Å². The van der Waals surface area contributed by atoms with Crippen molar-refractivity contribution in [1.82, 2.24) is 3.96 Å². The number of benzene rings is 2. The Morgan fingerprint density at radius 1 is 1.11 bits per heavy atom. The van der Waals surface area contributed by atoms with Crippen LogP contribution in [0.1, 0.15) is 18.1 Å². The Kier molecular flexibility index (Phi) is 2.99. The predicted molar refractivity (Wildman–Crippen MR) is 81.5 cm³/mol. The second-order valence-corrected chi connectivity index (χ2v) is 5.61. The van der Waals surface area contributed by atoms with Gasteiger partial charge in [0.25, 0.3) is 5.56 Å². The fourth-order valence-corrected chi connectivity index (χ4v) is 3.54. The monoisotopic (exact) mass is 269 g/mol. The van der Waals surface area contributed by atoms with Crippen molar-refractivity contribution in [3.63, 3.8) is 0 Å². The van der Waals surface area contributed by atoms with Gasteiger partial charge in [0, 0.05) is 0 Å². The fraction of sp³-hybridized carbons (Fsp3) is 0.188. The second kappa shape index (κ2) is 4.67. The molecule has 0 aliphatic heterocycles. The molecular formula is C16H15NOS. The van der Waals surface area contributed by atoms with Gasteiger partial charge in [-0.2, -0.15) is 0 Å². The number of aryl methyl sites for hydroxylation is 2. The molecule has 0 spiro atoms. The molecule has 0 saturated carbocycles. The molecule has 0 radical (unpaired) electrons. The van der Waals surface area contributed by atoms with E-state index in [4.69, 9.17) is 0 Å². The van der Waals surface area contributed by atoms with Crippen LogP contribution in [0.15, 0.2) is 47.3 Å². The first-order valence-corrected chi connectivity index (χ1v) is 7.19. The summed E-state index contributed by atoms with van der Waals surface area (Å²) in [6, 6.07) is 14.0. The van der Waals surface area contributed by atoms with Crippen molar-refractivity contribution < 1.29 is 0 Å². The van der Waals surface area contributed by atoms with Crippen molar-refractivity contribution in [2.45, 2.75) is 20.3 Å². The highest BCUT2D eigenvalue weighted by Gasteiger charge is 2.13. The number of hydrogen-bond acceptors (Lipinski definition) is 2. The van der Waals surface area contributed by atoms with Crippen LogP contribution in [-0.4, -0.2) is 3.96 Å². The molecule has 2 aromatic carbocycles. The molecule has 19 heavy (non-hydrogen) atoms. The molecular weight excluding hydrogens is 254 g/mol. The van der Waals surface area contributed by atoms with E-state index in [-0.39, 0.29) is 5.56 Å². The van der Waals surface area contributed by atoms with Crippen molar-refractivity contribution in [1.29, 1.82) is 0 Å². The van der Waals surface area contributed by atoms with Gasteiger partial charge in [-0.1, -0.05) is 48.8 Å². The summed E-state index contributed by atoms with van der Waals surface area (Å²) >= 11 is 1.52. The summed E-state index contributed by atoms with van der Waals surface area (Å²) in [6.45, 7) is 4.18. The molecule has 0 bridgehead atoms. The Labute approximate surface area is 116 Å². The minimum absolute atomic E-state index is 0.0876. The quantitative estimate of drug-likeness (QED) is 0.691. The average Bonchev–Trinajstić information content (AvgIpc) is 2.76. The Bertz CT molecular complexity index is 798. The molecule has 0 amide bonds. The van der Waals surface area contributed by atoms with Crippen molar-refractivity contribution in [3.05, 3.63) is 63.9 Å². The van der Waals surface area contributed by atoms with Gasteiger partial charge in [0.2, 0.25) is 0 Å². The number of rotatable bonds is 2. The Balaban J connectivity index is 2.37. The van der Waals surface area contributed by atoms with Gasteiger partial charge in [-0.15, -0.1) is 0 Å². The van der Waals surface area contributed by atoms with E-state index in [9.17, 15) is 4.79 Å². The lowest BCUT2D eigenvalue weighted by Gasteiger charge is -2.10. The summed E-state index contributed by atoms with van der Waals surface area (Å²) in [4.78, 5) is 12.5. The zero-order chi connectivity index (χ0) is 13.4. The lowest BCUT2D eigenvalue weighted by Crippen LogP contribution is -2.13. The van der Waals surface area contributed by atoms with Crippen LogP contribution in [0, 0.1) is 6.92 Å². The van der Waals surface area contributed by atoms with E-state index >= 15 is 0 Å². The molecule has 1 heterocycles. The van der Waals surface area contributed by atoms with E-state index in [2.05, 4.69) is 32.0 Å². The summed E-state index contributed by atoms with van der Waals surface area (Å²) in [5.41, 5.74) is 3.50.